The van der Waals surface area contributed by atoms with Gasteiger partial charge in [-0.3, -0.25) is 0 Å². The number of rotatable bonds is 6. The van der Waals surface area contributed by atoms with Crippen LogP contribution in [0.15, 0.2) is 42.2 Å². The van der Waals surface area contributed by atoms with Crippen LogP contribution in [0.5, 0.6) is 0 Å². The minimum atomic E-state index is -0.344. The van der Waals surface area contributed by atoms with Gasteiger partial charge in [0.15, 0.2) is 0 Å². The molecule has 2 fully saturated rings. The van der Waals surface area contributed by atoms with Crippen molar-refractivity contribution in [2.75, 3.05) is 14.2 Å². The zero-order chi connectivity index (χ0) is 18.4. The van der Waals surface area contributed by atoms with Crippen molar-refractivity contribution in [3.05, 3.63) is 117 Å². The zero-order valence-electron chi connectivity index (χ0n) is 14.8. The van der Waals surface area contributed by atoms with Gasteiger partial charge in [0.2, 0.25) is 0 Å². The Balaban J connectivity index is 1.91. The van der Waals surface area contributed by atoms with E-state index in [-0.39, 0.29) is 5.97 Å². The molecule has 0 spiro atoms. The molecule has 0 saturated heterocycles. The molecule has 10 radical (unpaired) electrons. The van der Waals surface area contributed by atoms with Crippen molar-refractivity contribution < 1.29 is 14.3 Å². The van der Waals surface area contributed by atoms with Crippen molar-refractivity contribution in [2.24, 2.45) is 0 Å². The van der Waals surface area contributed by atoms with Gasteiger partial charge in [-0.25, -0.2) is 4.79 Å². The number of methoxy groups -OCH3 is 2. The molecule has 3 nitrogen and oxygen atoms in total. The molecule has 2 aliphatic rings. The third-order valence-corrected chi connectivity index (χ3v) is 4.10. The maximum atomic E-state index is 11.7. The number of esters is 1. The first-order valence-corrected chi connectivity index (χ1v) is 8.31. The molecule has 0 heterocycles. The Labute approximate surface area is 157 Å². The van der Waals surface area contributed by atoms with Crippen molar-refractivity contribution >= 4 is 11.5 Å². The van der Waals surface area contributed by atoms with Crippen LogP contribution in [-0.2, 0) is 9.47 Å². The zero-order valence-corrected chi connectivity index (χ0v) is 14.8. The second kappa shape index (κ2) is 9.07. The van der Waals surface area contributed by atoms with Crippen LogP contribution >= 0.6 is 0 Å². The van der Waals surface area contributed by atoms with Crippen LogP contribution in [0.3, 0.4) is 0 Å². The van der Waals surface area contributed by atoms with E-state index in [2.05, 4.69) is 6.08 Å². The molecule has 0 aromatic heterocycles. The van der Waals surface area contributed by atoms with E-state index < -0.39 is 0 Å². The SMILES string of the molecule is COC(=O)c1ccc(C(/C=C(/OC)[C]2[CH][CH][CH][CH]2)=C/[C]2[CH][CH][CH][CH]2)cc1. The highest BCUT2D eigenvalue weighted by Crippen LogP contribution is 2.34. The Kier molecular flexibility index (Phi) is 6.54. The number of carbonyl (C=O) groups is 1. The molecule has 0 N–H and O–H groups in total. The smallest absolute Gasteiger partial charge is 0.337 e. The average Bonchev–Trinajstić information content (AvgIpc) is 3.38. The predicted octanol–water partition coefficient (Wildman–Crippen LogP) is 4.20. The highest BCUT2D eigenvalue weighted by atomic mass is 16.5. The normalized spacial score (nSPS) is 19.8. The first-order chi connectivity index (χ1) is 12.7. The molecule has 2 saturated carbocycles. The van der Waals surface area contributed by atoms with Gasteiger partial charge < -0.3 is 9.47 Å². The Morgan fingerprint density at radius 1 is 0.808 bits per heavy atom. The molecule has 0 amide bonds. The van der Waals surface area contributed by atoms with Gasteiger partial charge in [0.25, 0.3) is 0 Å². The van der Waals surface area contributed by atoms with Crippen LogP contribution in [0, 0.1) is 63.2 Å². The van der Waals surface area contributed by atoms with Crippen LogP contribution in [0.4, 0.5) is 0 Å². The lowest BCUT2D eigenvalue weighted by Crippen LogP contribution is -2.02. The minimum Gasteiger partial charge on any atom is -0.500 e. The fraction of sp³-hybridized carbons (Fsp3) is 0.0870. The van der Waals surface area contributed by atoms with Crippen LogP contribution in [0.25, 0.3) is 5.57 Å². The summed E-state index contributed by atoms with van der Waals surface area (Å²) in [7, 11) is 3.05. The molecule has 0 aliphatic heterocycles. The summed E-state index contributed by atoms with van der Waals surface area (Å²) in [5, 5.41) is 0. The van der Waals surface area contributed by atoms with E-state index in [1.54, 1.807) is 19.2 Å². The summed E-state index contributed by atoms with van der Waals surface area (Å²) in [6.07, 6.45) is 20.2. The van der Waals surface area contributed by atoms with Crippen LogP contribution in [-0.4, -0.2) is 20.2 Å². The number of ether oxygens (including phenoxy) is 2. The molecule has 130 valence electrons. The Bertz CT molecular complexity index is 657. The first kappa shape index (κ1) is 18.8. The monoisotopic (exact) mass is 344 g/mol. The summed E-state index contributed by atoms with van der Waals surface area (Å²) in [6, 6.07) is 7.36. The number of benzene rings is 1. The van der Waals surface area contributed by atoms with E-state index in [0.717, 1.165) is 28.7 Å². The molecule has 1 aromatic carbocycles. The molecule has 0 unspecified atom stereocenters. The van der Waals surface area contributed by atoms with E-state index >= 15 is 0 Å². The summed E-state index contributed by atoms with van der Waals surface area (Å²) in [5.41, 5.74) is 2.50. The van der Waals surface area contributed by atoms with Crippen LogP contribution in [0.2, 0.25) is 0 Å². The lowest BCUT2D eigenvalue weighted by Gasteiger charge is -2.15. The Morgan fingerprint density at radius 2 is 1.38 bits per heavy atom. The van der Waals surface area contributed by atoms with Gasteiger partial charge in [-0.05, 0) is 80.7 Å². The van der Waals surface area contributed by atoms with E-state index in [1.165, 1.54) is 7.11 Å². The fourth-order valence-electron chi connectivity index (χ4n) is 2.73. The highest BCUT2D eigenvalue weighted by Gasteiger charge is 2.23. The number of hydrogen-bond acceptors (Lipinski definition) is 3. The lowest BCUT2D eigenvalue weighted by molar-refractivity contribution is 0.0600. The van der Waals surface area contributed by atoms with Crippen LogP contribution < -0.4 is 0 Å². The fourth-order valence-corrected chi connectivity index (χ4v) is 2.73. The van der Waals surface area contributed by atoms with Gasteiger partial charge in [-0.15, -0.1) is 0 Å². The Morgan fingerprint density at radius 3 is 1.96 bits per heavy atom. The van der Waals surface area contributed by atoms with E-state index in [4.69, 9.17) is 9.47 Å². The summed E-state index contributed by atoms with van der Waals surface area (Å²) in [5.74, 6) is 2.56. The third-order valence-electron chi connectivity index (χ3n) is 4.10. The number of hydrogen-bond donors (Lipinski definition) is 0. The first-order valence-electron chi connectivity index (χ1n) is 8.31. The second-order valence-electron chi connectivity index (χ2n) is 5.77. The van der Waals surface area contributed by atoms with E-state index in [0.29, 0.717) is 5.56 Å². The molecular weight excluding hydrogens is 324 g/mol. The Hall–Kier alpha value is -2.03. The molecule has 0 atom stereocenters. The topological polar surface area (TPSA) is 35.5 Å². The molecule has 3 rings (SSSR count). The standard InChI is InChI=1S/C23H20O3/c1-25-22(19-9-5-6-10-19)16-21(15-17-7-3-4-8-17)18-11-13-20(14-12-18)23(24)26-2/h3-16H,1-2H3/b21-15+,22-16+. The van der Waals surface area contributed by atoms with Crippen molar-refractivity contribution in [1.82, 2.24) is 0 Å². The molecule has 1 aromatic rings. The summed E-state index contributed by atoms with van der Waals surface area (Å²) in [4.78, 5) is 11.7. The highest BCUT2D eigenvalue weighted by molar-refractivity contribution is 5.90. The van der Waals surface area contributed by atoms with Crippen molar-refractivity contribution in [2.45, 2.75) is 0 Å². The van der Waals surface area contributed by atoms with Crippen molar-refractivity contribution in [3.63, 3.8) is 0 Å². The number of allylic oxidation sites excluding steroid dienone is 4. The van der Waals surface area contributed by atoms with Gasteiger partial charge in [0.05, 0.1) is 19.8 Å². The summed E-state index contributed by atoms with van der Waals surface area (Å²) < 4.78 is 10.4. The van der Waals surface area contributed by atoms with E-state index in [1.807, 2.05) is 69.6 Å². The molecule has 3 heteroatoms. The summed E-state index contributed by atoms with van der Waals surface area (Å²) >= 11 is 0. The quantitative estimate of drug-likeness (QED) is 0.441. The average molecular weight is 344 g/mol. The summed E-state index contributed by atoms with van der Waals surface area (Å²) in [6.45, 7) is 0. The predicted molar refractivity (Wildman–Crippen MR) is 102 cm³/mol. The van der Waals surface area contributed by atoms with Gasteiger partial charge in [-0.2, -0.15) is 0 Å². The van der Waals surface area contributed by atoms with Gasteiger partial charge in [-0.1, -0.05) is 18.2 Å². The van der Waals surface area contributed by atoms with Gasteiger partial charge in [0, 0.05) is 11.8 Å². The molecule has 26 heavy (non-hydrogen) atoms. The van der Waals surface area contributed by atoms with Crippen LogP contribution in [0.1, 0.15) is 15.9 Å². The number of carbonyl (C=O) groups excluding carboxylic acids is 1. The third kappa shape index (κ3) is 4.57. The lowest BCUT2D eigenvalue weighted by atomic mass is 9.95. The second-order valence-corrected chi connectivity index (χ2v) is 5.77. The maximum absolute atomic E-state index is 11.7. The van der Waals surface area contributed by atoms with E-state index in [9.17, 15) is 4.79 Å². The maximum Gasteiger partial charge on any atom is 0.337 e. The van der Waals surface area contributed by atoms with Crippen molar-refractivity contribution in [3.8, 4) is 0 Å². The van der Waals surface area contributed by atoms with Gasteiger partial charge >= 0.3 is 5.97 Å². The largest absolute Gasteiger partial charge is 0.500 e. The molecular formula is C23H20O3. The molecule has 0 bridgehead atoms. The molecule has 2 aliphatic carbocycles. The van der Waals surface area contributed by atoms with Gasteiger partial charge in [0.1, 0.15) is 5.76 Å². The minimum absolute atomic E-state index is 0.344. The van der Waals surface area contributed by atoms with Crippen molar-refractivity contribution in [1.29, 1.82) is 0 Å².